The fraction of sp³-hybridized carbons (Fsp3) is 0.324. The van der Waals surface area contributed by atoms with Crippen LogP contribution in [-0.2, 0) is 32.6 Å². The van der Waals surface area contributed by atoms with E-state index in [2.05, 4.69) is 15.2 Å². The molecule has 3 N–H and O–H groups in total. The van der Waals surface area contributed by atoms with Gasteiger partial charge in [-0.15, -0.1) is 11.3 Å². The fourth-order valence-corrected chi connectivity index (χ4v) is 9.34. The van der Waals surface area contributed by atoms with Crippen LogP contribution in [0.3, 0.4) is 0 Å². The van der Waals surface area contributed by atoms with Crippen molar-refractivity contribution < 1.29 is 50.2 Å². The number of ether oxygens (including phenoxy) is 1. The summed E-state index contributed by atoms with van der Waals surface area (Å²) in [5.41, 5.74) is 2.13. The van der Waals surface area contributed by atoms with Crippen molar-refractivity contribution in [1.82, 2.24) is 19.5 Å². The molecule has 2 aliphatic heterocycles. The van der Waals surface area contributed by atoms with Crippen molar-refractivity contribution in [3.05, 3.63) is 93.1 Å². The lowest BCUT2D eigenvalue weighted by molar-refractivity contribution is -0.192. The number of benzene rings is 2. The van der Waals surface area contributed by atoms with Crippen LogP contribution in [-0.4, -0.2) is 77.4 Å². The fourth-order valence-electron chi connectivity index (χ4n) is 5.87. The second kappa shape index (κ2) is 14.1. The third kappa shape index (κ3) is 8.10. The van der Waals surface area contributed by atoms with Crippen LogP contribution >= 0.6 is 11.3 Å². The number of rotatable bonds is 7. The maximum Gasteiger partial charge on any atom is 0.490 e. The largest absolute Gasteiger partial charge is 0.497 e. The highest BCUT2D eigenvalue weighted by Gasteiger charge is 2.45. The smallest absolute Gasteiger partial charge is 0.490 e. The highest BCUT2D eigenvalue weighted by atomic mass is 32.2. The van der Waals surface area contributed by atoms with Gasteiger partial charge in [-0.25, -0.2) is 21.9 Å². The second-order valence-electron chi connectivity index (χ2n) is 12.8. The molecule has 1 atom stereocenters. The Labute approximate surface area is 294 Å². The van der Waals surface area contributed by atoms with Gasteiger partial charge in [-0.1, -0.05) is 12.1 Å². The first-order valence-electron chi connectivity index (χ1n) is 15.5. The van der Waals surface area contributed by atoms with Crippen LogP contribution < -0.4 is 10.1 Å². The minimum atomic E-state index is -5.08. The van der Waals surface area contributed by atoms with E-state index >= 15 is 0 Å². The summed E-state index contributed by atoms with van der Waals surface area (Å²) in [4.78, 5) is 41.7. The minimum Gasteiger partial charge on any atom is -0.497 e. The van der Waals surface area contributed by atoms with Gasteiger partial charge in [0, 0.05) is 46.4 Å². The summed E-state index contributed by atoms with van der Waals surface area (Å²) in [5, 5.41) is 10.8. The Balaban J connectivity index is 0.000000654. The Morgan fingerprint density at radius 1 is 1.08 bits per heavy atom. The van der Waals surface area contributed by atoms with E-state index in [-0.39, 0.29) is 29.2 Å². The first-order valence-corrected chi connectivity index (χ1v) is 17.7. The van der Waals surface area contributed by atoms with Gasteiger partial charge in [0.05, 0.1) is 18.7 Å². The molecular formula is C34H34F4N4O7S2. The molecule has 0 saturated heterocycles. The summed E-state index contributed by atoms with van der Waals surface area (Å²) in [6.45, 7) is 6.61. The number of sulfonamides is 1. The summed E-state index contributed by atoms with van der Waals surface area (Å²) in [6, 6.07) is 15.3. The van der Waals surface area contributed by atoms with Crippen molar-refractivity contribution in [1.29, 1.82) is 0 Å². The van der Waals surface area contributed by atoms with E-state index < -0.39 is 33.6 Å². The van der Waals surface area contributed by atoms with Crippen LogP contribution in [0.25, 0.3) is 15.8 Å². The molecule has 2 aliphatic rings. The standard InChI is InChI=1S/C32H33FN4O5S2.C2HF3O2/c1-32(2,3)37-29(38)16-28(44(37,40)41)27-15-20-11-12-36(18-19-5-8-23(42-4)9-6-19)26(30(20)43-27)17-34-31(39)25-14-21-13-22(33)7-10-24(21)35-25;3-2(4,5)1(6)7/h5-10,13-16,26,35H,11-12,17-18H2,1-4H3,(H,34,39);(H,6,7). The number of aromatic nitrogens is 1. The number of thiophene rings is 1. The van der Waals surface area contributed by atoms with Crippen LogP contribution in [0, 0.1) is 5.82 Å². The molecule has 0 fully saturated rings. The number of alkyl halides is 3. The zero-order chi connectivity index (χ0) is 37.5. The molecule has 2 aromatic carbocycles. The average Bonchev–Trinajstić information content (AvgIpc) is 3.72. The van der Waals surface area contributed by atoms with Gasteiger partial charge in [0.15, 0.2) is 0 Å². The number of carbonyl (C=O) groups excluding carboxylic acids is 2. The summed E-state index contributed by atoms with van der Waals surface area (Å²) < 4.78 is 78.7. The van der Waals surface area contributed by atoms with Gasteiger partial charge in [0.1, 0.15) is 22.2 Å². The maximum absolute atomic E-state index is 13.7. The van der Waals surface area contributed by atoms with E-state index in [4.69, 9.17) is 14.6 Å². The summed E-state index contributed by atoms with van der Waals surface area (Å²) in [5.74, 6) is -3.27. The first-order chi connectivity index (χ1) is 23.8. The number of fused-ring (bicyclic) bond motifs is 2. The quantitative estimate of drug-likeness (QED) is 0.199. The summed E-state index contributed by atoms with van der Waals surface area (Å²) in [7, 11) is -2.40. The van der Waals surface area contributed by atoms with Crippen molar-refractivity contribution in [3.63, 3.8) is 0 Å². The molecule has 2 aromatic heterocycles. The van der Waals surface area contributed by atoms with Gasteiger partial charge >= 0.3 is 12.1 Å². The predicted octanol–water partition coefficient (Wildman–Crippen LogP) is 5.85. The lowest BCUT2D eigenvalue weighted by atomic mass is 9.99. The SMILES string of the molecule is COc1ccc(CN2CCc3cc(C4=CC(=O)N(C(C)(C)C)S4(=O)=O)sc3C2CNC(=O)c2cc3cc(F)ccc3[nH]2)cc1.O=C(O)C(F)(F)F. The van der Waals surface area contributed by atoms with E-state index in [1.807, 2.05) is 30.3 Å². The topological polar surface area (TPSA) is 149 Å². The summed E-state index contributed by atoms with van der Waals surface area (Å²) >= 11 is 1.34. The van der Waals surface area contributed by atoms with Gasteiger partial charge in [-0.3, -0.25) is 14.5 Å². The molecule has 0 aliphatic carbocycles. The average molecular weight is 751 g/mol. The molecule has 17 heteroatoms. The third-order valence-electron chi connectivity index (χ3n) is 8.15. The minimum absolute atomic E-state index is 0.00613. The van der Waals surface area contributed by atoms with E-state index in [9.17, 15) is 35.6 Å². The number of carboxylic acids is 1. The number of hydrogen-bond donors (Lipinski definition) is 3. The molecule has 6 rings (SSSR count). The molecule has 4 aromatic rings. The number of aliphatic carboxylic acids is 1. The van der Waals surface area contributed by atoms with Crippen molar-refractivity contribution in [2.75, 3.05) is 20.2 Å². The Morgan fingerprint density at radius 2 is 1.75 bits per heavy atom. The number of carboxylic acid groups (broad SMARTS) is 1. The van der Waals surface area contributed by atoms with Crippen molar-refractivity contribution in [3.8, 4) is 5.75 Å². The number of nitrogens with zero attached hydrogens (tertiary/aromatic N) is 2. The monoisotopic (exact) mass is 750 g/mol. The molecular weight excluding hydrogens is 717 g/mol. The molecule has 4 heterocycles. The molecule has 2 amide bonds. The lowest BCUT2D eigenvalue weighted by Crippen LogP contribution is -2.45. The zero-order valence-corrected chi connectivity index (χ0v) is 29.4. The van der Waals surface area contributed by atoms with Crippen LogP contribution in [0.1, 0.15) is 58.2 Å². The van der Waals surface area contributed by atoms with Gasteiger partial charge in [-0.05, 0) is 80.8 Å². The Morgan fingerprint density at radius 3 is 2.33 bits per heavy atom. The van der Waals surface area contributed by atoms with Crippen LogP contribution in [0.4, 0.5) is 17.6 Å². The van der Waals surface area contributed by atoms with E-state index in [1.165, 1.54) is 29.5 Å². The first kappa shape index (κ1) is 37.5. The summed E-state index contributed by atoms with van der Waals surface area (Å²) in [6.07, 6.45) is -3.19. The van der Waals surface area contributed by atoms with E-state index in [1.54, 1.807) is 40.0 Å². The third-order valence-corrected chi connectivity index (χ3v) is 11.7. The molecule has 0 saturated carbocycles. The van der Waals surface area contributed by atoms with Crippen molar-refractivity contribution in [2.24, 2.45) is 0 Å². The molecule has 0 spiro atoms. The zero-order valence-electron chi connectivity index (χ0n) is 27.8. The lowest BCUT2D eigenvalue weighted by Gasteiger charge is -2.35. The Kier molecular flexibility index (Phi) is 10.4. The maximum atomic E-state index is 13.7. The number of halogens is 4. The Bertz CT molecular complexity index is 2120. The van der Waals surface area contributed by atoms with Crippen molar-refractivity contribution in [2.45, 2.75) is 51.5 Å². The van der Waals surface area contributed by atoms with Gasteiger partial charge in [0.2, 0.25) is 0 Å². The van der Waals surface area contributed by atoms with Gasteiger partial charge in [0.25, 0.3) is 21.8 Å². The predicted molar refractivity (Wildman–Crippen MR) is 182 cm³/mol. The van der Waals surface area contributed by atoms with E-state index in [0.717, 1.165) is 26.1 Å². The molecule has 0 bridgehead atoms. The highest BCUT2D eigenvalue weighted by molar-refractivity contribution is 7.99. The highest BCUT2D eigenvalue weighted by Crippen LogP contribution is 2.43. The molecule has 272 valence electrons. The second-order valence-corrected chi connectivity index (χ2v) is 15.6. The number of hydrogen-bond acceptors (Lipinski definition) is 8. The number of methoxy groups -OCH3 is 1. The van der Waals surface area contributed by atoms with Crippen LogP contribution in [0.2, 0.25) is 0 Å². The molecule has 11 nitrogen and oxygen atoms in total. The number of carbonyl (C=O) groups is 3. The Hall–Kier alpha value is -4.74. The van der Waals surface area contributed by atoms with Gasteiger partial charge in [-0.2, -0.15) is 13.2 Å². The number of amides is 2. The van der Waals surface area contributed by atoms with Crippen LogP contribution in [0.15, 0.2) is 60.7 Å². The number of aromatic amines is 1. The molecule has 51 heavy (non-hydrogen) atoms. The molecule has 1 unspecified atom stereocenters. The number of nitrogens with one attached hydrogen (secondary N) is 2. The molecule has 0 radical (unpaired) electrons. The van der Waals surface area contributed by atoms with E-state index in [0.29, 0.717) is 41.0 Å². The van der Waals surface area contributed by atoms with Crippen molar-refractivity contribution >= 4 is 55.0 Å². The number of H-pyrrole nitrogens is 1. The van der Waals surface area contributed by atoms with Gasteiger partial charge < -0.3 is 20.1 Å². The van der Waals surface area contributed by atoms with Crippen LogP contribution in [0.5, 0.6) is 5.75 Å². The normalized spacial score (nSPS) is 17.4.